The Morgan fingerprint density at radius 2 is 1.86 bits per heavy atom. The molecule has 0 atom stereocenters. The molecule has 0 bridgehead atoms. The second-order valence-electron chi connectivity index (χ2n) is 5.63. The summed E-state index contributed by atoms with van der Waals surface area (Å²) in [5, 5.41) is 0.737. The standard InChI is InChI=1S/C19H23ClN2/c1-5-22(4)13-21-19-12-18(20)11-17(15(19)3)10-16-9-7-6-8-14(16)2/h6-9,11-13H,5,10H2,1-4H3. The minimum atomic E-state index is 0.737. The van der Waals surface area contributed by atoms with Gasteiger partial charge in [-0.3, -0.25) is 0 Å². The van der Waals surface area contributed by atoms with Crippen molar-refractivity contribution in [1.82, 2.24) is 4.90 Å². The maximum atomic E-state index is 6.29. The zero-order valence-corrected chi connectivity index (χ0v) is 14.5. The number of halogens is 1. The predicted molar refractivity (Wildman–Crippen MR) is 96.6 cm³/mol. The van der Waals surface area contributed by atoms with E-state index in [9.17, 15) is 0 Å². The molecule has 3 heteroatoms. The molecule has 0 aliphatic heterocycles. The van der Waals surface area contributed by atoms with Crippen LogP contribution in [0.25, 0.3) is 0 Å². The molecule has 0 saturated carbocycles. The molecule has 0 aliphatic rings. The Morgan fingerprint density at radius 3 is 2.55 bits per heavy atom. The van der Waals surface area contributed by atoms with Crippen LogP contribution < -0.4 is 0 Å². The highest BCUT2D eigenvalue weighted by molar-refractivity contribution is 6.31. The van der Waals surface area contributed by atoms with Crippen molar-refractivity contribution in [3.63, 3.8) is 0 Å². The van der Waals surface area contributed by atoms with Gasteiger partial charge in [0.2, 0.25) is 0 Å². The summed E-state index contributed by atoms with van der Waals surface area (Å²) in [5.74, 6) is 0. The first-order valence-electron chi connectivity index (χ1n) is 7.59. The van der Waals surface area contributed by atoms with Gasteiger partial charge in [-0.25, -0.2) is 4.99 Å². The Balaban J connectivity index is 2.35. The summed E-state index contributed by atoms with van der Waals surface area (Å²) in [7, 11) is 2.01. The third kappa shape index (κ3) is 4.11. The minimum Gasteiger partial charge on any atom is -0.366 e. The predicted octanol–water partition coefficient (Wildman–Crippen LogP) is 5.16. The Labute approximate surface area is 138 Å². The van der Waals surface area contributed by atoms with Crippen molar-refractivity contribution < 1.29 is 0 Å². The second kappa shape index (κ2) is 7.46. The summed E-state index contributed by atoms with van der Waals surface area (Å²) >= 11 is 6.29. The molecular weight excluding hydrogens is 292 g/mol. The monoisotopic (exact) mass is 314 g/mol. The Kier molecular flexibility index (Phi) is 5.62. The van der Waals surface area contributed by atoms with E-state index in [4.69, 9.17) is 11.6 Å². The van der Waals surface area contributed by atoms with Crippen LogP contribution in [0.1, 0.15) is 29.2 Å². The van der Waals surface area contributed by atoms with Crippen LogP contribution in [-0.2, 0) is 6.42 Å². The molecule has 0 radical (unpaired) electrons. The third-order valence-corrected chi connectivity index (χ3v) is 4.21. The van der Waals surface area contributed by atoms with Gasteiger partial charge in [0, 0.05) is 18.6 Å². The smallest absolute Gasteiger partial charge is 0.0909 e. The van der Waals surface area contributed by atoms with Gasteiger partial charge in [0.05, 0.1) is 12.0 Å². The summed E-state index contributed by atoms with van der Waals surface area (Å²) < 4.78 is 0. The van der Waals surface area contributed by atoms with E-state index in [1.807, 2.05) is 30.4 Å². The number of benzene rings is 2. The molecule has 2 nitrogen and oxygen atoms in total. The summed E-state index contributed by atoms with van der Waals surface area (Å²) in [6, 6.07) is 12.4. The Bertz CT molecular complexity index is 677. The lowest BCUT2D eigenvalue weighted by atomic mass is 9.97. The normalized spacial score (nSPS) is 11.1. The van der Waals surface area contributed by atoms with Gasteiger partial charge < -0.3 is 4.90 Å². The number of aryl methyl sites for hydroxylation is 1. The molecule has 0 unspecified atom stereocenters. The molecule has 0 spiro atoms. The lowest BCUT2D eigenvalue weighted by Gasteiger charge is -2.13. The molecule has 2 aromatic carbocycles. The Hall–Kier alpha value is -1.80. The van der Waals surface area contributed by atoms with Crippen molar-refractivity contribution in [2.24, 2.45) is 4.99 Å². The van der Waals surface area contributed by atoms with Crippen molar-refractivity contribution in [2.75, 3.05) is 13.6 Å². The summed E-state index contributed by atoms with van der Waals surface area (Å²) in [6.45, 7) is 7.28. The van der Waals surface area contributed by atoms with Crippen LogP contribution in [-0.4, -0.2) is 24.8 Å². The van der Waals surface area contributed by atoms with Crippen LogP contribution in [0.3, 0.4) is 0 Å². The molecule has 22 heavy (non-hydrogen) atoms. The van der Waals surface area contributed by atoms with Gasteiger partial charge in [0.1, 0.15) is 0 Å². The van der Waals surface area contributed by atoms with Gasteiger partial charge in [0.25, 0.3) is 0 Å². The van der Waals surface area contributed by atoms with Gasteiger partial charge in [-0.05, 0) is 61.6 Å². The van der Waals surface area contributed by atoms with Crippen LogP contribution >= 0.6 is 11.6 Å². The fraction of sp³-hybridized carbons (Fsp3) is 0.316. The molecular formula is C19H23ClN2. The zero-order valence-electron chi connectivity index (χ0n) is 13.7. The largest absolute Gasteiger partial charge is 0.366 e. The molecule has 0 aromatic heterocycles. The van der Waals surface area contributed by atoms with Crippen LogP contribution in [0.2, 0.25) is 5.02 Å². The summed E-state index contributed by atoms with van der Waals surface area (Å²) in [4.78, 5) is 6.62. The average Bonchev–Trinajstić information content (AvgIpc) is 2.50. The lowest BCUT2D eigenvalue weighted by Crippen LogP contribution is -2.14. The number of aliphatic imine (C=N–C) groups is 1. The first kappa shape index (κ1) is 16.6. The first-order valence-corrected chi connectivity index (χ1v) is 7.97. The third-order valence-electron chi connectivity index (χ3n) is 3.99. The molecule has 0 saturated heterocycles. The average molecular weight is 315 g/mol. The van der Waals surface area contributed by atoms with Gasteiger partial charge in [-0.2, -0.15) is 0 Å². The molecule has 0 aliphatic carbocycles. The van der Waals surface area contributed by atoms with Gasteiger partial charge in [-0.1, -0.05) is 35.9 Å². The number of nitrogens with zero attached hydrogens (tertiary/aromatic N) is 2. The van der Waals surface area contributed by atoms with Gasteiger partial charge >= 0.3 is 0 Å². The summed E-state index contributed by atoms with van der Waals surface area (Å²) in [6.07, 6.45) is 2.74. The fourth-order valence-corrected chi connectivity index (χ4v) is 2.53. The van der Waals surface area contributed by atoms with E-state index in [1.165, 1.54) is 22.3 Å². The van der Waals surface area contributed by atoms with E-state index < -0.39 is 0 Å². The fourth-order valence-electron chi connectivity index (χ4n) is 2.29. The lowest BCUT2D eigenvalue weighted by molar-refractivity contribution is 0.552. The molecule has 0 amide bonds. The van der Waals surface area contributed by atoms with Crippen molar-refractivity contribution in [3.8, 4) is 0 Å². The molecule has 2 aromatic rings. The highest BCUT2D eigenvalue weighted by Gasteiger charge is 2.08. The SMILES string of the molecule is CCN(C)C=Nc1cc(Cl)cc(Cc2ccccc2C)c1C. The summed E-state index contributed by atoms with van der Waals surface area (Å²) in [5.41, 5.74) is 5.99. The molecule has 116 valence electrons. The highest BCUT2D eigenvalue weighted by atomic mass is 35.5. The maximum absolute atomic E-state index is 6.29. The topological polar surface area (TPSA) is 15.6 Å². The number of hydrogen-bond acceptors (Lipinski definition) is 1. The highest BCUT2D eigenvalue weighted by Crippen LogP contribution is 2.29. The van der Waals surface area contributed by atoms with Gasteiger partial charge in [-0.15, -0.1) is 0 Å². The van der Waals surface area contributed by atoms with E-state index in [0.717, 1.165) is 23.7 Å². The zero-order chi connectivity index (χ0) is 16.1. The van der Waals surface area contributed by atoms with Crippen LogP contribution in [0.5, 0.6) is 0 Å². The minimum absolute atomic E-state index is 0.737. The first-order chi connectivity index (χ1) is 10.5. The number of rotatable bonds is 5. The molecule has 0 heterocycles. The van der Waals surface area contributed by atoms with Crippen molar-refractivity contribution in [2.45, 2.75) is 27.2 Å². The van der Waals surface area contributed by atoms with Crippen LogP contribution in [0.15, 0.2) is 41.4 Å². The maximum Gasteiger partial charge on any atom is 0.0909 e. The second-order valence-corrected chi connectivity index (χ2v) is 6.07. The van der Waals surface area contributed by atoms with Crippen molar-refractivity contribution in [3.05, 3.63) is 63.7 Å². The number of hydrogen-bond donors (Lipinski definition) is 0. The molecule has 0 N–H and O–H groups in total. The van der Waals surface area contributed by atoms with E-state index in [1.54, 1.807) is 0 Å². The Morgan fingerprint density at radius 1 is 1.14 bits per heavy atom. The quantitative estimate of drug-likeness (QED) is 0.550. The molecule has 0 fully saturated rings. The van der Waals surface area contributed by atoms with Gasteiger partial charge in [0.15, 0.2) is 0 Å². The van der Waals surface area contributed by atoms with Crippen molar-refractivity contribution in [1.29, 1.82) is 0 Å². The van der Waals surface area contributed by atoms with E-state index in [0.29, 0.717) is 0 Å². The van der Waals surface area contributed by atoms with E-state index in [2.05, 4.69) is 50.0 Å². The van der Waals surface area contributed by atoms with Crippen LogP contribution in [0.4, 0.5) is 5.69 Å². The van der Waals surface area contributed by atoms with E-state index in [-0.39, 0.29) is 0 Å². The van der Waals surface area contributed by atoms with E-state index >= 15 is 0 Å². The van der Waals surface area contributed by atoms with Crippen LogP contribution in [0, 0.1) is 13.8 Å². The molecule has 2 rings (SSSR count). The van der Waals surface area contributed by atoms with Crippen molar-refractivity contribution >= 4 is 23.6 Å².